The summed E-state index contributed by atoms with van der Waals surface area (Å²) in [6, 6.07) is 7.85. The minimum absolute atomic E-state index is 0.104. The number of aliphatic hydroxyl groups excluding tert-OH is 1. The third-order valence-corrected chi connectivity index (χ3v) is 5.14. The van der Waals surface area contributed by atoms with E-state index in [2.05, 4.69) is 5.10 Å². The minimum Gasteiger partial charge on any atom is -0.497 e. The lowest BCUT2D eigenvalue weighted by Gasteiger charge is -2.35. The Kier molecular flexibility index (Phi) is 6.47. The van der Waals surface area contributed by atoms with Gasteiger partial charge in [-0.15, -0.1) is 0 Å². The third kappa shape index (κ3) is 5.73. The highest BCUT2D eigenvalue weighted by Crippen LogP contribution is 2.31. The summed E-state index contributed by atoms with van der Waals surface area (Å²) in [7, 11) is 1.65. The molecule has 29 heavy (non-hydrogen) atoms. The highest BCUT2D eigenvalue weighted by molar-refractivity contribution is 5.68. The second-order valence-electron chi connectivity index (χ2n) is 8.57. The fraction of sp³-hybridized carbons (Fsp3) is 0.545. The first-order chi connectivity index (χ1) is 13.7. The van der Waals surface area contributed by atoms with Gasteiger partial charge in [0.15, 0.2) is 0 Å². The molecule has 1 aliphatic heterocycles. The molecule has 1 aliphatic rings. The zero-order valence-electron chi connectivity index (χ0n) is 17.7. The number of methoxy groups -OCH3 is 1. The van der Waals surface area contributed by atoms with Crippen LogP contribution in [0.2, 0.25) is 0 Å². The van der Waals surface area contributed by atoms with Crippen LogP contribution in [0, 0.1) is 5.92 Å². The number of nitrogens with zero attached hydrogens (tertiary/aromatic N) is 3. The van der Waals surface area contributed by atoms with Gasteiger partial charge in [-0.1, -0.05) is 12.1 Å². The maximum atomic E-state index is 12.2. The SMILES string of the molecule is COc1ccc(Cn2cc(C(O)C3CCN(C(=O)OC(C)(C)C)CC3)cn2)cc1. The van der Waals surface area contributed by atoms with E-state index < -0.39 is 11.7 Å². The van der Waals surface area contributed by atoms with Crippen LogP contribution in [0.5, 0.6) is 5.75 Å². The van der Waals surface area contributed by atoms with Crippen LogP contribution in [0.25, 0.3) is 0 Å². The standard InChI is InChI=1S/C22H31N3O4/c1-22(2,3)29-21(27)24-11-9-17(10-12-24)20(26)18-13-23-25(15-18)14-16-5-7-19(28-4)8-6-16/h5-8,13,15,17,20,26H,9-12,14H2,1-4H3. The number of rotatable bonds is 5. The van der Waals surface area contributed by atoms with Crippen molar-refractivity contribution in [3.8, 4) is 5.75 Å². The number of hydrogen-bond donors (Lipinski definition) is 1. The second kappa shape index (κ2) is 8.86. The molecule has 0 radical (unpaired) electrons. The maximum absolute atomic E-state index is 12.2. The fourth-order valence-corrected chi connectivity index (χ4v) is 3.53. The molecule has 1 amide bonds. The minimum atomic E-state index is -0.583. The van der Waals surface area contributed by atoms with Crippen LogP contribution < -0.4 is 4.74 Å². The predicted octanol–water partition coefficient (Wildman–Crippen LogP) is 3.62. The molecule has 0 bridgehead atoms. The predicted molar refractivity (Wildman–Crippen MR) is 110 cm³/mol. The molecule has 0 spiro atoms. The third-order valence-electron chi connectivity index (χ3n) is 5.14. The average Bonchev–Trinajstić information content (AvgIpc) is 3.15. The summed E-state index contributed by atoms with van der Waals surface area (Å²) in [5, 5.41) is 15.2. The quantitative estimate of drug-likeness (QED) is 0.828. The maximum Gasteiger partial charge on any atom is 0.410 e. The number of ether oxygens (including phenoxy) is 2. The summed E-state index contributed by atoms with van der Waals surface area (Å²) in [5.74, 6) is 0.926. The second-order valence-corrected chi connectivity index (χ2v) is 8.57. The first kappa shape index (κ1) is 21.2. The molecule has 1 unspecified atom stereocenters. The van der Waals surface area contributed by atoms with E-state index in [1.807, 2.05) is 55.9 Å². The Morgan fingerprint density at radius 2 is 1.90 bits per heavy atom. The van der Waals surface area contributed by atoms with Gasteiger partial charge in [0, 0.05) is 24.8 Å². The van der Waals surface area contributed by atoms with Crippen LogP contribution >= 0.6 is 0 Å². The monoisotopic (exact) mass is 401 g/mol. The van der Waals surface area contributed by atoms with E-state index in [4.69, 9.17) is 9.47 Å². The first-order valence-corrected chi connectivity index (χ1v) is 10.1. The van der Waals surface area contributed by atoms with Gasteiger partial charge in [-0.2, -0.15) is 5.10 Å². The van der Waals surface area contributed by atoms with Crippen molar-refractivity contribution in [2.24, 2.45) is 5.92 Å². The van der Waals surface area contributed by atoms with E-state index in [0.717, 1.165) is 29.7 Å². The van der Waals surface area contributed by atoms with Gasteiger partial charge in [-0.05, 0) is 57.2 Å². The van der Waals surface area contributed by atoms with Crippen molar-refractivity contribution in [2.45, 2.75) is 51.9 Å². The number of likely N-dealkylation sites (tertiary alicyclic amines) is 1. The molecular formula is C22H31N3O4. The largest absolute Gasteiger partial charge is 0.497 e. The number of aliphatic hydroxyl groups is 1. The van der Waals surface area contributed by atoms with Crippen LogP contribution in [0.4, 0.5) is 4.79 Å². The molecule has 1 aromatic heterocycles. The molecule has 1 N–H and O–H groups in total. The van der Waals surface area contributed by atoms with E-state index in [0.29, 0.717) is 19.6 Å². The lowest BCUT2D eigenvalue weighted by atomic mass is 9.89. The first-order valence-electron chi connectivity index (χ1n) is 10.1. The molecule has 7 heteroatoms. The Morgan fingerprint density at radius 1 is 1.24 bits per heavy atom. The van der Waals surface area contributed by atoms with Crippen molar-refractivity contribution in [3.63, 3.8) is 0 Å². The Labute approximate surface area is 172 Å². The van der Waals surface area contributed by atoms with E-state index in [-0.39, 0.29) is 12.0 Å². The van der Waals surface area contributed by atoms with Gasteiger partial charge >= 0.3 is 6.09 Å². The van der Waals surface area contributed by atoms with Crippen LogP contribution in [0.1, 0.15) is 50.8 Å². The molecular weight excluding hydrogens is 370 g/mol. The average molecular weight is 402 g/mol. The Balaban J connectivity index is 1.53. The Hall–Kier alpha value is -2.54. The van der Waals surface area contributed by atoms with Gasteiger partial charge < -0.3 is 19.5 Å². The molecule has 0 saturated carbocycles. The fourth-order valence-electron chi connectivity index (χ4n) is 3.53. The van der Waals surface area contributed by atoms with Gasteiger partial charge in [0.1, 0.15) is 11.4 Å². The van der Waals surface area contributed by atoms with Crippen molar-refractivity contribution in [1.82, 2.24) is 14.7 Å². The van der Waals surface area contributed by atoms with Crippen molar-refractivity contribution in [3.05, 3.63) is 47.8 Å². The molecule has 0 aliphatic carbocycles. The normalized spacial score (nSPS) is 16.5. The number of hydrogen-bond acceptors (Lipinski definition) is 5. The van der Waals surface area contributed by atoms with E-state index in [1.165, 1.54) is 0 Å². The summed E-state index contributed by atoms with van der Waals surface area (Å²) in [6.07, 6.45) is 4.25. The molecule has 7 nitrogen and oxygen atoms in total. The van der Waals surface area contributed by atoms with Crippen LogP contribution in [-0.4, -0.2) is 51.7 Å². The lowest BCUT2D eigenvalue weighted by Crippen LogP contribution is -2.42. The number of benzene rings is 1. The Bertz CT molecular complexity index is 802. The smallest absolute Gasteiger partial charge is 0.410 e. The summed E-state index contributed by atoms with van der Waals surface area (Å²) in [5.41, 5.74) is 1.43. The lowest BCUT2D eigenvalue weighted by molar-refractivity contribution is 0.00766. The van der Waals surface area contributed by atoms with Crippen LogP contribution in [-0.2, 0) is 11.3 Å². The molecule has 1 aromatic carbocycles. The van der Waals surface area contributed by atoms with Gasteiger partial charge in [-0.25, -0.2) is 4.79 Å². The van der Waals surface area contributed by atoms with Crippen molar-refractivity contribution in [1.29, 1.82) is 0 Å². The van der Waals surface area contributed by atoms with E-state index >= 15 is 0 Å². The molecule has 1 saturated heterocycles. The summed E-state index contributed by atoms with van der Waals surface area (Å²) in [6.45, 7) is 7.42. The number of piperidine rings is 1. The number of aromatic nitrogens is 2. The van der Waals surface area contributed by atoms with Gasteiger partial charge in [0.05, 0.1) is 26.0 Å². The van der Waals surface area contributed by atoms with Gasteiger partial charge in [-0.3, -0.25) is 4.68 Å². The molecule has 1 atom stereocenters. The zero-order chi connectivity index (χ0) is 21.0. The van der Waals surface area contributed by atoms with E-state index in [9.17, 15) is 9.90 Å². The van der Waals surface area contributed by atoms with Crippen molar-refractivity contribution >= 4 is 6.09 Å². The van der Waals surface area contributed by atoms with Crippen molar-refractivity contribution in [2.75, 3.05) is 20.2 Å². The highest BCUT2D eigenvalue weighted by Gasteiger charge is 2.31. The van der Waals surface area contributed by atoms with Crippen molar-refractivity contribution < 1.29 is 19.4 Å². The summed E-state index contributed by atoms with van der Waals surface area (Å²) < 4.78 is 12.4. The molecule has 3 rings (SSSR count). The summed E-state index contributed by atoms with van der Waals surface area (Å²) >= 11 is 0. The van der Waals surface area contributed by atoms with E-state index in [1.54, 1.807) is 18.2 Å². The van der Waals surface area contributed by atoms with Crippen LogP contribution in [0.15, 0.2) is 36.7 Å². The molecule has 2 aromatic rings. The molecule has 1 fully saturated rings. The number of carbonyl (C=O) groups excluding carboxylic acids is 1. The zero-order valence-corrected chi connectivity index (χ0v) is 17.7. The molecule has 2 heterocycles. The molecule has 158 valence electrons. The number of carbonyl (C=O) groups is 1. The van der Waals surface area contributed by atoms with Crippen LogP contribution in [0.3, 0.4) is 0 Å². The highest BCUT2D eigenvalue weighted by atomic mass is 16.6. The topological polar surface area (TPSA) is 76.8 Å². The number of amides is 1. The van der Waals surface area contributed by atoms with Gasteiger partial charge in [0.2, 0.25) is 0 Å². The van der Waals surface area contributed by atoms with Gasteiger partial charge in [0.25, 0.3) is 0 Å². The summed E-state index contributed by atoms with van der Waals surface area (Å²) in [4.78, 5) is 13.9. The Morgan fingerprint density at radius 3 is 2.48 bits per heavy atom.